The quantitative estimate of drug-likeness (QED) is 0.137. The van der Waals surface area contributed by atoms with E-state index in [2.05, 4.69) is 20.6 Å². The predicted octanol–water partition coefficient (Wildman–Crippen LogP) is 5.36. The third kappa shape index (κ3) is 7.42. The van der Waals surface area contributed by atoms with Gasteiger partial charge in [-0.15, -0.1) is 0 Å². The zero-order valence-electron chi connectivity index (χ0n) is 26.4. The van der Waals surface area contributed by atoms with E-state index in [0.29, 0.717) is 0 Å². The van der Waals surface area contributed by atoms with Crippen molar-refractivity contribution in [1.82, 2.24) is 0 Å². The monoisotopic (exact) mass is 742 g/mol. The molecule has 0 aliphatic heterocycles. The molecule has 6 N–H and O–H groups in total. The number of urea groups is 1. The van der Waals surface area contributed by atoms with Crippen LogP contribution < -0.4 is 10.6 Å². The van der Waals surface area contributed by atoms with E-state index >= 15 is 0 Å². The van der Waals surface area contributed by atoms with Crippen LogP contribution >= 0.6 is 0 Å². The molecule has 0 heterocycles. The van der Waals surface area contributed by atoms with E-state index in [-0.39, 0.29) is 56.2 Å². The minimum atomic E-state index is -4.72. The van der Waals surface area contributed by atoms with Crippen LogP contribution in [-0.4, -0.2) is 65.4 Å². The second-order valence-electron chi connectivity index (χ2n) is 11.4. The van der Waals surface area contributed by atoms with E-state index in [9.17, 15) is 50.5 Å². The van der Waals surface area contributed by atoms with E-state index in [1.165, 1.54) is 84.9 Å². The Bertz CT molecular complexity index is 2350. The standard InChI is InChI=1S/C35H26N4O11S2/c40-29-17-27(23-11-1-3-13-25(23)31(29)51(45,46)47)38-33(42)19-7-5-9-21(15-19)36-35(44)37-22-10-6-8-20(16-22)34(43)39-28-18-30(41)32(52(48,49)50)26-14-4-2-12-24(26)28/h1-18,31-32,40-41H,(H2,36,37,44)(H,45,46,47)(H,48,49,50). The Morgan fingerprint density at radius 3 is 1.33 bits per heavy atom. The minimum Gasteiger partial charge on any atom is -0.510 e. The molecule has 0 fully saturated rings. The number of aliphatic hydroxyl groups is 2. The number of carbonyl (C=O) groups is 3. The molecule has 0 radical (unpaired) electrons. The summed E-state index contributed by atoms with van der Waals surface area (Å²) in [5.41, 5.74) is 0.828. The summed E-state index contributed by atoms with van der Waals surface area (Å²) in [6.07, 6.45) is 1.96. The van der Waals surface area contributed by atoms with Gasteiger partial charge in [-0.1, -0.05) is 60.7 Å². The molecule has 52 heavy (non-hydrogen) atoms. The molecule has 2 aliphatic carbocycles. The van der Waals surface area contributed by atoms with Crippen LogP contribution in [0, 0.1) is 0 Å². The van der Waals surface area contributed by atoms with Gasteiger partial charge in [0.2, 0.25) is 0 Å². The van der Waals surface area contributed by atoms with Gasteiger partial charge in [-0.05, 0) is 47.5 Å². The Kier molecular flexibility index (Phi) is 9.44. The molecule has 0 bridgehead atoms. The lowest BCUT2D eigenvalue weighted by molar-refractivity contribution is 0.0994. The largest absolute Gasteiger partial charge is 0.510 e. The van der Waals surface area contributed by atoms with Gasteiger partial charge in [0, 0.05) is 45.8 Å². The van der Waals surface area contributed by atoms with Crippen LogP contribution in [0.3, 0.4) is 0 Å². The number of nitrogens with one attached hydrogen (secondary N) is 2. The van der Waals surface area contributed by atoms with Gasteiger partial charge in [-0.2, -0.15) is 16.8 Å². The van der Waals surface area contributed by atoms with E-state index in [0.717, 1.165) is 12.2 Å². The number of benzene rings is 4. The van der Waals surface area contributed by atoms with Crippen molar-refractivity contribution in [2.45, 2.75) is 10.5 Å². The minimum absolute atomic E-state index is 0.0334. The first-order valence-corrected chi connectivity index (χ1v) is 18.1. The molecule has 17 heteroatoms. The number of carbonyl (C=O) groups excluding carboxylic acids is 3. The molecule has 0 aromatic heterocycles. The molecular weight excluding hydrogens is 717 g/mol. The first-order chi connectivity index (χ1) is 24.6. The number of aliphatic imine (C=N–C) groups is 2. The zero-order chi connectivity index (χ0) is 37.4. The van der Waals surface area contributed by atoms with Crippen LogP contribution in [-0.2, 0) is 20.2 Å². The summed E-state index contributed by atoms with van der Waals surface area (Å²) in [6, 6.07) is 22.6. The summed E-state index contributed by atoms with van der Waals surface area (Å²) in [7, 11) is -9.45. The van der Waals surface area contributed by atoms with E-state index in [4.69, 9.17) is 0 Å². The van der Waals surface area contributed by atoms with Gasteiger partial charge in [0.05, 0.1) is 11.4 Å². The van der Waals surface area contributed by atoms with Crippen LogP contribution in [0.4, 0.5) is 16.2 Å². The molecule has 0 spiro atoms. The normalized spacial score (nSPS) is 18.4. The van der Waals surface area contributed by atoms with Gasteiger partial charge in [0.1, 0.15) is 11.5 Å². The fourth-order valence-electron chi connectivity index (χ4n) is 5.74. The van der Waals surface area contributed by atoms with Gasteiger partial charge >= 0.3 is 6.03 Å². The van der Waals surface area contributed by atoms with Crippen molar-refractivity contribution in [3.63, 3.8) is 0 Å². The Morgan fingerprint density at radius 1 is 0.558 bits per heavy atom. The van der Waals surface area contributed by atoms with Crippen molar-refractivity contribution in [2.75, 3.05) is 10.6 Å². The molecule has 264 valence electrons. The van der Waals surface area contributed by atoms with E-state index < -0.39 is 60.1 Å². The number of hydrogen-bond donors (Lipinski definition) is 6. The SMILES string of the molecule is O=C(Nc1cccc(C(=O)N=C2C=C(O)C(S(=O)(=O)O)c3ccccc32)c1)Nc1cccc(C(=O)N=C2C=C(O)C(S(=O)(=O)O)c3ccccc32)c1. The predicted molar refractivity (Wildman–Crippen MR) is 190 cm³/mol. The molecule has 4 amide bonds. The number of aliphatic hydroxyl groups excluding tert-OH is 2. The Morgan fingerprint density at radius 2 is 0.942 bits per heavy atom. The number of anilines is 2. The number of allylic oxidation sites excluding steroid dienone is 2. The molecule has 4 aromatic carbocycles. The highest BCUT2D eigenvalue weighted by Gasteiger charge is 2.37. The maximum Gasteiger partial charge on any atom is 0.323 e. The summed E-state index contributed by atoms with van der Waals surface area (Å²) in [5, 5.41) is 22.4. The van der Waals surface area contributed by atoms with Gasteiger partial charge < -0.3 is 20.8 Å². The number of fused-ring (bicyclic) bond motifs is 2. The maximum atomic E-state index is 13.1. The Hall–Kier alpha value is -6.27. The van der Waals surface area contributed by atoms with Gasteiger partial charge in [0.25, 0.3) is 32.1 Å². The lowest BCUT2D eigenvalue weighted by atomic mass is 9.93. The molecule has 15 nitrogen and oxygen atoms in total. The van der Waals surface area contributed by atoms with Crippen LogP contribution in [0.15, 0.2) is 131 Å². The van der Waals surface area contributed by atoms with Gasteiger partial charge in [-0.3, -0.25) is 18.7 Å². The number of amides is 4. The second kappa shape index (κ2) is 13.8. The molecule has 2 atom stereocenters. The molecule has 2 unspecified atom stereocenters. The molecule has 0 saturated heterocycles. The van der Waals surface area contributed by atoms with Crippen molar-refractivity contribution < 1.29 is 50.5 Å². The lowest BCUT2D eigenvalue weighted by Crippen LogP contribution is -2.23. The summed E-state index contributed by atoms with van der Waals surface area (Å²) in [4.78, 5) is 47.2. The number of nitrogens with zero attached hydrogens (tertiary/aromatic N) is 2. The fourth-order valence-corrected chi connectivity index (χ4v) is 7.54. The highest BCUT2D eigenvalue weighted by atomic mass is 32.2. The van der Waals surface area contributed by atoms with E-state index in [1.54, 1.807) is 12.1 Å². The van der Waals surface area contributed by atoms with Crippen molar-refractivity contribution in [3.8, 4) is 0 Å². The first-order valence-electron chi connectivity index (χ1n) is 15.1. The van der Waals surface area contributed by atoms with Crippen LogP contribution in [0.2, 0.25) is 0 Å². The van der Waals surface area contributed by atoms with Gasteiger partial charge in [-0.25, -0.2) is 14.8 Å². The van der Waals surface area contributed by atoms with Gasteiger partial charge in [0.15, 0.2) is 10.5 Å². The molecule has 0 saturated carbocycles. The maximum absolute atomic E-state index is 13.1. The average molecular weight is 743 g/mol. The summed E-state index contributed by atoms with van der Waals surface area (Å²) >= 11 is 0. The molecule has 6 rings (SSSR count). The number of hydrogen-bond acceptors (Lipinski definition) is 9. The highest BCUT2D eigenvalue weighted by molar-refractivity contribution is 7.86. The van der Waals surface area contributed by atoms with Crippen molar-refractivity contribution in [1.29, 1.82) is 0 Å². The number of rotatable bonds is 6. The topological polar surface area (TPSA) is 249 Å². The second-order valence-corrected chi connectivity index (χ2v) is 14.5. The highest BCUT2D eigenvalue weighted by Crippen LogP contribution is 2.36. The summed E-state index contributed by atoms with van der Waals surface area (Å²) in [5.74, 6) is -3.01. The third-order valence-electron chi connectivity index (χ3n) is 7.92. The molecule has 2 aliphatic rings. The zero-order valence-corrected chi connectivity index (χ0v) is 28.0. The third-order valence-corrected chi connectivity index (χ3v) is 10.1. The fraction of sp³-hybridized carbons (Fsp3) is 0.0571. The lowest BCUT2D eigenvalue weighted by Gasteiger charge is -2.22. The smallest absolute Gasteiger partial charge is 0.323 e. The van der Waals surface area contributed by atoms with E-state index in [1.807, 2.05) is 0 Å². The Labute approximate surface area is 295 Å². The van der Waals surface area contributed by atoms with Crippen molar-refractivity contribution >= 4 is 60.9 Å². The summed E-state index contributed by atoms with van der Waals surface area (Å²) in [6.45, 7) is 0. The average Bonchev–Trinajstić information content (AvgIpc) is 3.07. The first kappa shape index (κ1) is 35.6. The summed E-state index contributed by atoms with van der Waals surface area (Å²) < 4.78 is 66.9. The molecular formula is C35H26N4O11S2. The van der Waals surface area contributed by atoms with Crippen LogP contribution in [0.25, 0.3) is 0 Å². The van der Waals surface area contributed by atoms with Crippen molar-refractivity contribution in [3.05, 3.63) is 154 Å². The van der Waals surface area contributed by atoms with Crippen LogP contribution in [0.1, 0.15) is 53.5 Å². The van der Waals surface area contributed by atoms with Crippen molar-refractivity contribution in [2.24, 2.45) is 9.98 Å². The molecule has 4 aromatic rings. The van der Waals surface area contributed by atoms with Crippen LogP contribution in [0.5, 0.6) is 0 Å². The Balaban J connectivity index is 1.17.